The topological polar surface area (TPSA) is 109 Å². The molecule has 136 valence electrons. The fourth-order valence-electron chi connectivity index (χ4n) is 2.19. The van der Waals surface area contributed by atoms with Crippen LogP contribution >= 0.6 is 0 Å². The molecule has 25 heavy (non-hydrogen) atoms. The molecule has 8 heteroatoms. The molecule has 0 bridgehead atoms. The van der Waals surface area contributed by atoms with Crippen LogP contribution in [-0.4, -0.2) is 35.5 Å². The van der Waals surface area contributed by atoms with Gasteiger partial charge in [-0.15, -0.1) is 0 Å². The van der Waals surface area contributed by atoms with Gasteiger partial charge in [0.25, 0.3) is 5.91 Å². The molecule has 1 aromatic rings. The summed E-state index contributed by atoms with van der Waals surface area (Å²) in [4.78, 5) is 35.7. The minimum Gasteiger partial charge on any atom is -0.479 e. The van der Waals surface area contributed by atoms with E-state index in [1.807, 2.05) is 20.8 Å². The van der Waals surface area contributed by atoms with E-state index < -0.39 is 18.2 Å². The zero-order chi connectivity index (χ0) is 18.8. The maximum Gasteiger partial charge on any atom is 0.319 e. The molecule has 0 saturated heterocycles. The summed E-state index contributed by atoms with van der Waals surface area (Å²) in [5.74, 6) is 0.0142. The van der Waals surface area contributed by atoms with Crippen molar-refractivity contribution < 1.29 is 19.1 Å². The number of ether oxygens (including phenoxy) is 1. The summed E-state index contributed by atoms with van der Waals surface area (Å²) in [6.45, 7) is 8.84. The second-order valence-corrected chi connectivity index (χ2v) is 7.02. The van der Waals surface area contributed by atoms with Crippen LogP contribution in [0.4, 0.5) is 16.2 Å². The Labute approximate surface area is 146 Å². The molecule has 0 aromatic heterocycles. The lowest BCUT2D eigenvalue weighted by atomic mass is 10.1. The zero-order valence-electron chi connectivity index (χ0n) is 15.0. The second kappa shape index (κ2) is 7.00. The number of hydrogen-bond donors (Lipinski definition) is 4. The van der Waals surface area contributed by atoms with Gasteiger partial charge in [-0.1, -0.05) is 0 Å². The molecule has 2 rings (SSSR count). The third-order valence-corrected chi connectivity index (χ3v) is 3.41. The fraction of sp³-hybridized carbons (Fsp3) is 0.471. The Bertz CT molecular complexity index is 696. The highest BCUT2D eigenvalue weighted by Gasteiger charge is 2.24. The molecule has 4 N–H and O–H groups in total. The van der Waals surface area contributed by atoms with E-state index in [0.717, 1.165) is 0 Å². The van der Waals surface area contributed by atoms with Gasteiger partial charge in [0.15, 0.2) is 6.10 Å². The van der Waals surface area contributed by atoms with Gasteiger partial charge in [0.1, 0.15) is 11.8 Å². The summed E-state index contributed by atoms with van der Waals surface area (Å²) in [7, 11) is 0. The van der Waals surface area contributed by atoms with Gasteiger partial charge < -0.3 is 26.0 Å². The van der Waals surface area contributed by atoms with E-state index in [1.54, 1.807) is 32.0 Å². The minimum atomic E-state index is -0.694. The Morgan fingerprint density at radius 1 is 1.28 bits per heavy atom. The van der Waals surface area contributed by atoms with E-state index in [2.05, 4.69) is 21.3 Å². The minimum absolute atomic E-state index is 0.249. The van der Waals surface area contributed by atoms with Crippen molar-refractivity contribution in [1.82, 2.24) is 10.6 Å². The molecule has 0 saturated carbocycles. The lowest BCUT2D eigenvalue weighted by molar-refractivity contribution is -0.124. The van der Waals surface area contributed by atoms with Crippen molar-refractivity contribution in [2.75, 3.05) is 10.6 Å². The van der Waals surface area contributed by atoms with Crippen LogP contribution in [0.2, 0.25) is 0 Å². The van der Waals surface area contributed by atoms with Crippen LogP contribution in [0.5, 0.6) is 5.75 Å². The van der Waals surface area contributed by atoms with Crippen molar-refractivity contribution in [2.45, 2.75) is 52.3 Å². The van der Waals surface area contributed by atoms with Crippen molar-refractivity contribution in [3.8, 4) is 5.75 Å². The van der Waals surface area contributed by atoms with Crippen molar-refractivity contribution in [3.63, 3.8) is 0 Å². The Kier molecular flexibility index (Phi) is 5.20. The first-order valence-electron chi connectivity index (χ1n) is 8.06. The lowest BCUT2D eigenvalue weighted by Crippen LogP contribution is -2.51. The number of fused-ring (bicyclic) bond motifs is 1. The molecule has 1 heterocycles. The number of rotatable bonds is 3. The van der Waals surface area contributed by atoms with E-state index >= 15 is 0 Å². The summed E-state index contributed by atoms with van der Waals surface area (Å²) in [5.41, 5.74) is 0.578. The van der Waals surface area contributed by atoms with Crippen molar-refractivity contribution >= 4 is 29.2 Å². The van der Waals surface area contributed by atoms with Crippen LogP contribution in [0.3, 0.4) is 0 Å². The standard InChI is InChI=1S/C17H24N4O4/c1-9(14(22)21-17(3,4)5)18-16(24)19-11-6-7-13-12(8-11)20-15(23)10(2)25-13/h6-10H,1-5H3,(H,20,23)(H,21,22)(H2,18,19,24)/t9-,10-/m1/s1. The first-order chi connectivity index (χ1) is 11.5. The van der Waals surface area contributed by atoms with Gasteiger partial charge in [-0.2, -0.15) is 0 Å². The molecular formula is C17H24N4O4. The van der Waals surface area contributed by atoms with E-state index in [-0.39, 0.29) is 17.4 Å². The predicted molar refractivity (Wildman–Crippen MR) is 94.7 cm³/mol. The summed E-state index contributed by atoms with van der Waals surface area (Å²) >= 11 is 0. The van der Waals surface area contributed by atoms with Gasteiger partial charge in [-0.05, 0) is 52.8 Å². The maximum absolute atomic E-state index is 12.1. The highest BCUT2D eigenvalue weighted by atomic mass is 16.5. The molecule has 0 aliphatic carbocycles. The van der Waals surface area contributed by atoms with Crippen molar-refractivity contribution in [1.29, 1.82) is 0 Å². The normalized spacial score (nSPS) is 17.5. The molecule has 2 atom stereocenters. The third-order valence-electron chi connectivity index (χ3n) is 3.41. The van der Waals surface area contributed by atoms with Crippen molar-refractivity contribution in [3.05, 3.63) is 18.2 Å². The lowest BCUT2D eigenvalue weighted by Gasteiger charge is -2.24. The van der Waals surface area contributed by atoms with Crippen LogP contribution in [0.1, 0.15) is 34.6 Å². The van der Waals surface area contributed by atoms with Crippen LogP contribution in [0.25, 0.3) is 0 Å². The van der Waals surface area contributed by atoms with E-state index in [0.29, 0.717) is 17.1 Å². The molecule has 1 aromatic carbocycles. The van der Waals surface area contributed by atoms with E-state index in [9.17, 15) is 14.4 Å². The summed E-state index contributed by atoms with van der Waals surface area (Å²) < 4.78 is 5.45. The predicted octanol–water partition coefficient (Wildman–Crippen LogP) is 1.83. The number of carbonyl (C=O) groups excluding carboxylic acids is 3. The second-order valence-electron chi connectivity index (χ2n) is 7.02. The smallest absolute Gasteiger partial charge is 0.319 e. The van der Waals surface area contributed by atoms with Gasteiger partial charge in [-0.3, -0.25) is 9.59 Å². The first kappa shape index (κ1) is 18.6. The van der Waals surface area contributed by atoms with Crippen LogP contribution in [0, 0.1) is 0 Å². The zero-order valence-corrected chi connectivity index (χ0v) is 15.0. The molecule has 0 spiro atoms. The number of hydrogen-bond acceptors (Lipinski definition) is 4. The van der Waals surface area contributed by atoms with Gasteiger partial charge in [0.2, 0.25) is 5.91 Å². The highest BCUT2D eigenvalue weighted by molar-refractivity contribution is 5.99. The van der Waals surface area contributed by atoms with Gasteiger partial charge in [-0.25, -0.2) is 4.79 Å². The van der Waals surface area contributed by atoms with Crippen molar-refractivity contribution in [2.24, 2.45) is 0 Å². The van der Waals surface area contributed by atoms with Crippen LogP contribution < -0.4 is 26.0 Å². The quantitative estimate of drug-likeness (QED) is 0.668. The molecular weight excluding hydrogens is 324 g/mol. The molecule has 0 unspecified atom stereocenters. The Hall–Kier alpha value is -2.77. The molecule has 1 aliphatic rings. The molecule has 0 fully saturated rings. The number of anilines is 2. The average Bonchev–Trinajstić information content (AvgIpc) is 2.46. The summed E-state index contributed by atoms with van der Waals surface area (Å²) in [6, 6.07) is 3.70. The van der Waals surface area contributed by atoms with E-state index in [1.165, 1.54) is 0 Å². The molecule has 8 nitrogen and oxygen atoms in total. The number of carbonyl (C=O) groups is 3. The Morgan fingerprint density at radius 3 is 2.60 bits per heavy atom. The van der Waals surface area contributed by atoms with Gasteiger partial charge >= 0.3 is 6.03 Å². The first-order valence-corrected chi connectivity index (χ1v) is 8.06. The average molecular weight is 348 g/mol. The van der Waals surface area contributed by atoms with E-state index in [4.69, 9.17) is 4.74 Å². The van der Waals surface area contributed by atoms with Crippen LogP contribution in [-0.2, 0) is 9.59 Å². The van der Waals surface area contributed by atoms with Crippen LogP contribution in [0.15, 0.2) is 18.2 Å². The fourth-order valence-corrected chi connectivity index (χ4v) is 2.19. The largest absolute Gasteiger partial charge is 0.479 e. The Morgan fingerprint density at radius 2 is 1.96 bits per heavy atom. The number of nitrogens with one attached hydrogen (secondary N) is 4. The SMILES string of the molecule is C[C@@H](NC(=O)Nc1ccc2c(c1)NC(=O)[C@@H](C)O2)C(=O)NC(C)(C)C. The monoisotopic (exact) mass is 348 g/mol. The molecule has 4 amide bonds. The number of amides is 4. The highest BCUT2D eigenvalue weighted by Crippen LogP contribution is 2.32. The number of urea groups is 1. The third kappa shape index (κ3) is 5.10. The summed E-state index contributed by atoms with van der Waals surface area (Å²) in [5, 5.41) is 10.7. The summed E-state index contributed by atoms with van der Waals surface area (Å²) in [6.07, 6.45) is -0.559. The molecule has 0 radical (unpaired) electrons. The Balaban J connectivity index is 1.96. The maximum atomic E-state index is 12.1. The van der Waals surface area contributed by atoms with Gasteiger partial charge in [0.05, 0.1) is 5.69 Å². The van der Waals surface area contributed by atoms with Gasteiger partial charge in [0, 0.05) is 11.2 Å². The number of benzene rings is 1. The molecule has 1 aliphatic heterocycles.